The van der Waals surface area contributed by atoms with Gasteiger partial charge < -0.3 is 0 Å². The van der Waals surface area contributed by atoms with E-state index in [1.54, 1.807) is 0 Å². The van der Waals surface area contributed by atoms with Crippen LogP contribution in [-0.2, 0) is 8.85 Å². The maximum absolute atomic E-state index is 4.00. The molecule has 196 valence electrons. The van der Waals surface area contributed by atoms with E-state index in [2.05, 4.69) is 192 Å². The fraction of sp³-hybridized carbons (Fsp3) is 0.0500. The van der Waals surface area contributed by atoms with Crippen molar-refractivity contribution in [1.29, 1.82) is 0 Å². The molecule has 0 N–H and O–H groups in total. The Labute approximate surface area is 247 Å². The van der Waals surface area contributed by atoms with Crippen molar-refractivity contribution in [2.45, 2.75) is 8.85 Å². The quantitative estimate of drug-likeness (QED) is 0.164. The number of benzene rings is 6. The Morgan fingerprint density at radius 3 is 0.951 bits per heavy atom. The molecule has 6 aromatic rings. The van der Waals surface area contributed by atoms with Gasteiger partial charge in [-0.05, 0) is 0 Å². The van der Waals surface area contributed by atoms with Crippen LogP contribution in [0.2, 0.25) is 0 Å². The van der Waals surface area contributed by atoms with Crippen molar-refractivity contribution < 1.29 is 0 Å². The van der Waals surface area contributed by atoms with Crippen LogP contribution in [0, 0.1) is 0 Å². The molecule has 0 saturated carbocycles. The Bertz CT molecular complexity index is 1530. The monoisotopic (exact) mass is 632 g/mol. The third kappa shape index (κ3) is 3.74. The number of allylic oxidation sites excluding steroid dienone is 1. The standard InChI is InChI=1S/C28H22.2C6H5.Sn/c1-2-28(25-19-11-5-12-20-25,26-21-13-6-14-22-26)27(23-15-7-3-8-16-23)24-17-9-4-10-18-24;2*1-2-4-6-5-3-1;/h1-22H;2*1-5H;. The molecule has 1 heteroatoms. The minimum atomic E-state index is -4.00. The molecule has 0 atom stereocenters. The van der Waals surface area contributed by atoms with Gasteiger partial charge in [0.15, 0.2) is 0 Å². The van der Waals surface area contributed by atoms with Crippen LogP contribution in [0.3, 0.4) is 0 Å². The molecule has 0 bridgehead atoms. The normalized spacial score (nSPS) is 16.3. The van der Waals surface area contributed by atoms with Crippen molar-refractivity contribution in [3.05, 3.63) is 214 Å². The van der Waals surface area contributed by atoms with Gasteiger partial charge in [-0.3, -0.25) is 0 Å². The summed E-state index contributed by atoms with van der Waals surface area (Å²) in [5.74, 6) is 0. The fourth-order valence-electron chi connectivity index (χ4n) is 7.65. The molecule has 7 rings (SSSR count). The van der Waals surface area contributed by atoms with Gasteiger partial charge in [-0.1, -0.05) is 0 Å². The SMILES string of the molecule is C1=[CH][Sn]([c]2ccccc2)([c]2ccccc2)[C](c2ccccc2)(c2ccccc2)C1(c1ccccc1)c1ccccc1. The molecule has 6 aromatic carbocycles. The zero-order valence-corrected chi connectivity index (χ0v) is 25.8. The number of rotatable bonds is 6. The Balaban J connectivity index is 1.77. The van der Waals surface area contributed by atoms with Crippen LogP contribution in [0.4, 0.5) is 0 Å². The second-order valence-corrected chi connectivity index (χ2v) is 21.9. The van der Waals surface area contributed by atoms with Gasteiger partial charge in [0.25, 0.3) is 0 Å². The van der Waals surface area contributed by atoms with Crippen molar-refractivity contribution in [1.82, 2.24) is 0 Å². The molecule has 1 heterocycles. The number of hydrogen-bond acceptors (Lipinski definition) is 0. The van der Waals surface area contributed by atoms with Gasteiger partial charge in [-0.15, -0.1) is 0 Å². The van der Waals surface area contributed by atoms with Crippen LogP contribution in [0.1, 0.15) is 22.3 Å². The van der Waals surface area contributed by atoms with Gasteiger partial charge in [-0.25, -0.2) is 0 Å². The van der Waals surface area contributed by atoms with Crippen LogP contribution >= 0.6 is 0 Å². The molecule has 0 nitrogen and oxygen atoms in total. The van der Waals surface area contributed by atoms with Crippen LogP contribution in [0.5, 0.6) is 0 Å². The minimum absolute atomic E-state index is 0.379. The summed E-state index contributed by atoms with van der Waals surface area (Å²) in [5.41, 5.74) is 4.93. The average molecular weight is 631 g/mol. The van der Waals surface area contributed by atoms with Crippen LogP contribution in [0.15, 0.2) is 192 Å². The first-order valence-electron chi connectivity index (χ1n) is 14.4. The average Bonchev–Trinajstić information content (AvgIpc) is 3.41. The first-order chi connectivity index (χ1) is 20.3. The van der Waals surface area contributed by atoms with E-state index in [1.165, 1.54) is 29.4 Å². The number of hydrogen-bond donors (Lipinski definition) is 0. The molecule has 0 aromatic heterocycles. The first kappa shape index (κ1) is 25.8. The summed E-state index contributed by atoms with van der Waals surface area (Å²) in [4.78, 5) is 0. The summed E-state index contributed by atoms with van der Waals surface area (Å²) in [7, 11) is 0. The topological polar surface area (TPSA) is 0 Å². The van der Waals surface area contributed by atoms with Crippen LogP contribution in [-0.4, -0.2) is 18.4 Å². The summed E-state index contributed by atoms with van der Waals surface area (Å²) < 4.78 is 5.30. The van der Waals surface area contributed by atoms with Crippen molar-refractivity contribution >= 4 is 25.5 Å². The van der Waals surface area contributed by atoms with Gasteiger partial charge in [0.05, 0.1) is 0 Å². The molecule has 0 saturated heterocycles. The van der Waals surface area contributed by atoms with E-state index < -0.39 is 23.8 Å². The Morgan fingerprint density at radius 1 is 0.317 bits per heavy atom. The summed E-state index contributed by atoms with van der Waals surface area (Å²) >= 11 is -4.00. The molecule has 0 radical (unpaired) electrons. The molecule has 0 unspecified atom stereocenters. The Morgan fingerprint density at radius 2 is 0.610 bits per heavy atom. The van der Waals surface area contributed by atoms with E-state index in [9.17, 15) is 0 Å². The fourth-order valence-corrected chi connectivity index (χ4v) is 24.8. The molecule has 0 amide bonds. The second-order valence-electron chi connectivity index (χ2n) is 10.9. The van der Waals surface area contributed by atoms with Gasteiger partial charge >= 0.3 is 249 Å². The molecular weight excluding hydrogens is 599 g/mol. The maximum atomic E-state index is 2.72. The molecule has 1 aliphatic rings. The Kier molecular flexibility index (Phi) is 6.72. The van der Waals surface area contributed by atoms with E-state index >= 15 is 0 Å². The van der Waals surface area contributed by atoms with Crippen molar-refractivity contribution in [3.63, 3.8) is 0 Å². The third-order valence-electron chi connectivity index (χ3n) is 9.10. The molecule has 0 aliphatic carbocycles. The van der Waals surface area contributed by atoms with Gasteiger partial charge in [0, 0.05) is 0 Å². The molecule has 41 heavy (non-hydrogen) atoms. The van der Waals surface area contributed by atoms with Gasteiger partial charge in [0.1, 0.15) is 0 Å². The van der Waals surface area contributed by atoms with Crippen LogP contribution in [0.25, 0.3) is 0 Å². The summed E-state index contributed by atoms with van der Waals surface area (Å²) in [6.07, 6.45) is 2.60. The van der Waals surface area contributed by atoms with E-state index in [1.807, 2.05) is 0 Å². The molecular formula is C40H32Sn. The van der Waals surface area contributed by atoms with Crippen molar-refractivity contribution in [3.8, 4) is 0 Å². The van der Waals surface area contributed by atoms with E-state index in [4.69, 9.17) is 0 Å². The van der Waals surface area contributed by atoms with Crippen molar-refractivity contribution in [2.75, 3.05) is 0 Å². The predicted octanol–water partition coefficient (Wildman–Crippen LogP) is 7.87. The molecule has 0 spiro atoms. The predicted molar refractivity (Wildman–Crippen MR) is 174 cm³/mol. The molecule has 1 aliphatic heterocycles. The van der Waals surface area contributed by atoms with Crippen molar-refractivity contribution in [2.24, 2.45) is 0 Å². The van der Waals surface area contributed by atoms with Crippen LogP contribution < -0.4 is 7.16 Å². The Hall–Kier alpha value is -4.14. The summed E-state index contributed by atoms with van der Waals surface area (Å²) in [6.45, 7) is 0. The molecule has 0 fully saturated rings. The van der Waals surface area contributed by atoms with Gasteiger partial charge in [0.2, 0.25) is 0 Å². The second kappa shape index (κ2) is 10.7. The van der Waals surface area contributed by atoms with E-state index in [0.29, 0.717) is 0 Å². The van der Waals surface area contributed by atoms with Gasteiger partial charge in [-0.2, -0.15) is 0 Å². The van der Waals surface area contributed by atoms with E-state index in [-0.39, 0.29) is 3.43 Å². The third-order valence-corrected chi connectivity index (χ3v) is 24.3. The summed E-state index contributed by atoms with van der Waals surface area (Å²) in [5, 5.41) is 0. The zero-order chi connectivity index (χ0) is 27.6. The van der Waals surface area contributed by atoms with E-state index in [0.717, 1.165) is 0 Å². The first-order valence-corrected chi connectivity index (χ1v) is 20.3. The summed E-state index contributed by atoms with van der Waals surface area (Å²) in [6, 6.07) is 68.1. The zero-order valence-electron chi connectivity index (χ0n) is 23.0.